The van der Waals surface area contributed by atoms with E-state index in [0.29, 0.717) is 41.3 Å². The van der Waals surface area contributed by atoms with Gasteiger partial charge in [-0.15, -0.1) is 0 Å². The van der Waals surface area contributed by atoms with Crippen molar-refractivity contribution < 1.29 is 18.9 Å². The van der Waals surface area contributed by atoms with Crippen LogP contribution in [0.4, 0.5) is 0 Å². The highest BCUT2D eigenvalue weighted by molar-refractivity contribution is 6.10. The number of fused-ring (bicyclic) bond motifs is 6. The molecule has 2 aromatic carbocycles. The summed E-state index contributed by atoms with van der Waals surface area (Å²) < 4.78 is 23.8. The SMILES string of the molecule is COc1cc2c3c(n(C)c(=O)c2cc1OC)-c1cc2c(cc1/C3=C/CCN)OCO2. The molecule has 0 amide bonds. The van der Waals surface area contributed by atoms with Gasteiger partial charge in [0.25, 0.3) is 5.56 Å². The molecule has 1 aromatic heterocycles. The van der Waals surface area contributed by atoms with E-state index in [0.717, 1.165) is 33.3 Å². The van der Waals surface area contributed by atoms with E-state index in [1.165, 1.54) is 0 Å². The maximum absolute atomic E-state index is 13.3. The number of hydrogen-bond donors (Lipinski definition) is 1. The molecule has 2 aliphatic rings. The fourth-order valence-corrected chi connectivity index (χ4v) is 4.36. The Bertz CT molecular complexity index is 1290. The Morgan fingerprint density at radius 3 is 2.30 bits per heavy atom. The zero-order chi connectivity index (χ0) is 21.0. The number of pyridine rings is 1. The number of hydrogen-bond acceptors (Lipinski definition) is 6. The maximum atomic E-state index is 13.3. The van der Waals surface area contributed by atoms with Gasteiger partial charge in [-0.3, -0.25) is 4.79 Å². The van der Waals surface area contributed by atoms with Crippen LogP contribution in [0.15, 0.2) is 35.1 Å². The third-order valence-electron chi connectivity index (χ3n) is 5.74. The molecule has 0 atom stereocenters. The van der Waals surface area contributed by atoms with Crippen molar-refractivity contribution in [3.05, 3.63) is 51.8 Å². The van der Waals surface area contributed by atoms with Gasteiger partial charge in [0.2, 0.25) is 6.79 Å². The minimum atomic E-state index is -0.103. The van der Waals surface area contributed by atoms with Crippen LogP contribution in [0, 0.1) is 0 Å². The van der Waals surface area contributed by atoms with Crippen molar-refractivity contribution in [2.75, 3.05) is 27.6 Å². The molecule has 0 fully saturated rings. The summed E-state index contributed by atoms with van der Waals surface area (Å²) >= 11 is 0. The molecular weight excluding hydrogens is 384 g/mol. The molecule has 2 heterocycles. The van der Waals surface area contributed by atoms with Gasteiger partial charge in [0, 0.05) is 23.6 Å². The molecule has 0 saturated carbocycles. The van der Waals surface area contributed by atoms with Gasteiger partial charge in [0.05, 0.1) is 25.3 Å². The number of methoxy groups -OCH3 is 2. The second kappa shape index (κ2) is 6.81. The first-order valence-corrected chi connectivity index (χ1v) is 9.72. The van der Waals surface area contributed by atoms with E-state index in [2.05, 4.69) is 6.08 Å². The average molecular weight is 406 g/mol. The fraction of sp³-hybridized carbons (Fsp3) is 0.261. The zero-order valence-electron chi connectivity index (χ0n) is 17.1. The van der Waals surface area contributed by atoms with Crippen LogP contribution in [0.5, 0.6) is 23.0 Å². The predicted molar refractivity (Wildman–Crippen MR) is 115 cm³/mol. The number of nitrogens with two attached hydrogens (primary N) is 1. The summed E-state index contributed by atoms with van der Waals surface area (Å²) in [6, 6.07) is 7.55. The van der Waals surface area contributed by atoms with Crippen molar-refractivity contribution in [1.82, 2.24) is 4.57 Å². The second-order valence-corrected chi connectivity index (χ2v) is 7.29. The summed E-state index contributed by atoms with van der Waals surface area (Å²) in [4.78, 5) is 13.3. The van der Waals surface area contributed by atoms with Gasteiger partial charge in [-0.05, 0) is 48.4 Å². The molecule has 0 saturated heterocycles. The first-order valence-electron chi connectivity index (χ1n) is 9.72. The third kappa shape index (κ3) is 2.45. The van der Waals surface area contributed by atoms with Crippen LogP contribution in [0.2, 0.25) is 0 Å². The lowest BCUT2D eigenvalue weighted by Gasteiger charge is -2.15. The Morgan fingerprint density at radius 2 is 1.67 bits per heavy atom. The smallest absolute Gasteiger partial charge is 0.258 e. The summed E-state index contributed by atoms with van der Waals surface area (Å²) in [5.41, 5.74) is 10.5. The number of ether oxygens (including phenoxy) is 4. The van der Waals surface area contributed by atoms with Crippen LogP contribution < -0.4 is 30.2 Å². The monoisotopic (exact) mass is 406 g/mol. The van der Waals surface area contributed by atoms with Gasteiger partial charge in [0.15, 0.2) is 23.0 Å². The van der Waals surface area contributed by atoms with E-state index in [1.54, 1.807) is 31.9 Å². The second-order valence-electron chi connectivity index (χ2n) is 7.29. The molecule has 0 bridgehead atoms. The highest BCUT2D eigenvalue weighted by Gasteiger charge is 2.32. The van der Waals surface area contributed by atoms with Crippen molar-refractivity contribution >= 4 is 16.3 Å². The molecule has 0 unspecified atom stereocenters. The summed E-state index contributed by atoms with van der Waals surface area (Å²) in [6.45, 7) is 0.722. The Balaban J connectivity index is 1.92. The van der Waals surface area contributed by atoms with Crippen LogP contribution >= 0.6 is 0 Å². The van der Waals surface area contributed by atoms with Crippen LogP contribution in [-0.4, -0.2) is 32.1 Å². The molecule has 7 nitrogen and oxygen atoms in total. The minimum Gasteiger partial charge on any atom is -0.493 e. The molecule has 5 rings (SSSR count). The molecular formula is C23H22N2O5. The summed E-state index contributed by atoms with van der Waals surface area (Å²) in [5.74, 6) is 2.47. The van der Waals surface area contributed by atoms with Crippen LogP contribution in [0.25, 0.3) is 27.6 Å². The van der Waals surface area contributed by atoms with E-state index in [4.69, 9.17) is 24.7 Å². The molecule has 7 heteroatoms. The number of benzene rings is 2. The van der Waals surface area contributed by atoms with Gasteiger partial charge in [-0.25, -0.2) is 0 Å². The molecule has 2 N–H and O–H groups in total. The van der Waals surface area contributed by atoms with E-state index in [1.807, 2.05) is 18.2 Å². The molecule has 154 valence electrons. The highest BCUT2D eigenvalue weighted by atomic mass is 16.7. The Hall–Kier alpha value is -3.45. The first kappa shape index (κ1) is 18.6. The topological polar surface area (TPSA) is 84.9 Å². The molecule has 3 aromatic rings. The first-order chi connectivity index (χ1) is 14.6. The van der Waals surface area contributed by atoms with Gasteiger partial charge in [0.1, 0.15) is 0 Å². The van der Waals surface area contributed by atoms with Gasteiger partial charge < -0.3 is 29.2 Å². The number of aromatic nitrogens is 1. The molecule has 1 aliphatic carbocycles. The lowest BCUT2D eigenvalue weighted by atomic mass is 9.98. The standard InChI is InChI=1S/C23H22N2O5/c1-25-22-15-9-20-19(29-11-30-20)7-13(15)12(5-4-6-24)21(22)14-8-17(27-2)18(28-3)10-16(14)23(25)26/h5,7-10H,4,6,11,24H2,1-3H3/b12-5-. The van der Waals surface area contributed by atoms with Crippen LogP contribution in [0.3, 0.4) is 0 Å². The minimum absolute atomic E-state index is 0.103. The van der Waals surface area contributed by atoms with Crippen molar-refractivity contribution in [2.45, 2.75) is 6.42 Å². The van der Waals surface area contributed by atoms with E-state index in [-0.39, 0.29) is 12.4 Å². The summed E-state index contributed by atoms with van der Waals surface area (Å²) in [7, 11) is 4.94. The normalized spacial score (nSPS) is 14.9. The predicted octanol–water partition coefficient (Wildman–Crippen LogP) is 3.05. The zero-order valence-corrected chi connectivity index (χ0v) is 17.1. The number of nitrogens with zero attached hydrogens (tertiary/aromatic N) is 1. The Morgan fingerprint density at radius 1 is 1.03 bits per heavy atom. The largest absolute Gasteiger partial charge is 0.493 e. The summed E-state index contributed by atoms with van der Waals surface area (Å²) in [5, 5.41) is 1.38. The molecule has 30 heavy (non-hydrogen) atoms. The van der Waals surface area contributed by atoms with E-state index in [9.17, 15) is 4.79 Å². The lowest BCUT2D eigenvalue weighted by Crippen LogP contribution is -2.19. The van der Waals surface area contributed by atoms with Gasteiger partial charge >= 0.3 is 0 Å². The van der Waals surface area contributed by atoms with Crippen molar-refractivity contribution in [3.8, 4) is 34.3 Å². The molecule has 0 spiro atoms. The van der Waals surface area contributed by atoms with Crippen LogP contribution in [0.1, 0.15) is 17.5 Å². The molecule has 0 radical (unpaired) electrons. The van der Waals surface area contributed by atoms with E-state index < -0.39 is 0 Å². The Kier molecular flexibility index (Phi) is 4.22. The van der Waals surface area contributed by atoms with Crippen molar-refractivity contribution in [2.24, 2.45) is 12.8 Å². The third-order valence-corrected chi connectivity index (χ3v) is 5.74. The van der Waals surface area contributed by atoms with Gasteiger partial charge in [-0.1, -0.05) is 6.08 Å². The lowest BCUT2D eigenvalue weighted by molar-refractivity contribution is 0.174. The number of rotatable bonds is 4. The van der Waals surface area contributed by atoms with E-state index >= 15 is 0 Å². The Labute approximate surface area is 173 Å². The van der Waals surface area contributed by atoms with Crippen molar-refractivity contribution in [1.29, 1.82) is 0 Å². The quantitative estimate of drug-likeness (QED) is 0.561. The molecule has 1 aliphatic heterocycles. The summed E-state index contributed by atoms with van der Waals surface area (Å²) in [6.07, 6.45) is 2.83. The fourth-order valence-electron chi connectivity index (χ4n) is 4.36. The maximum Gasteiger partial charge on any atom is 0.258 e. The van der Waals surface area contributed by atoms with Crippen LogP contribution in [-0.2, 0) is 7.05 Å². The highest BCUT2D eigenvalue weighted by Crippen LogP contribution is 2.51. The van der Waals surface area contributed by atoms with Gasteiger partial charge in [-0.2, -0.15) is 0 Å². The van der Waals surface area contributed by atoms with Crippen molar-refractivity contribution in [3.63, 3.8) is 0 Å². The average Bonchev–Trinajstić information content (AvgIpc) is 3.35.